The molecule has 0 bridgehead atoms. The Morgan fingerprint density at radius 3 is 2.23 bits per heavy atom. The first-order valence-electron chi connectivity index (χ1n) is 10.5. The lowest BCUT2D eigenvalue weighted by molar-refractivity contribution is -0.125. The third kappa shape index (κ3) is 8.50. The van der Waals surface area contributed by atoms with Gasteiger partial charge in [0, 0.05) is 12.6 Å². The summed E-state index contributed by atoms with van der Waals surface area (Å²) >= 11 is 0. The van der Waals surface area contributed by atoms with Gasteiger partial charge in [0.05, 0.1) is 11.6 Å². The van der Waals surface area contributed by atoms with E-state index in [4.69, 9.17) is 4.74 Å². The van der Waals surface area contributed by atoms with Crippen LogP contribution in [-0.2, 0) is 16.1 Å². The van der Waals surface area contributed by atoms with E-state index < -0.39 is 5.97 Å². The Balaban J connectivity index is 1.82. The maximum atomic E-state index is 12.3. The molecule has 0 aliphatic heterocycles. The fourth-order valence-electron chi connectivity index (χ4n) is 3.00. The van der Waals surface area contributed by atoms with Crippen molar-refractivity contribution in [2.45, 2.75) is 52.2 Å². The van der Waals surface area contributed by atoms with Crippen molar-refractivity contribution in [2.24, 2.45) is 0 Å². The average molecular weight is 426 g/mol. The molecule has 0 saturated heterocycles. The number of ether oxygens (including phenoxy) is 1. The molecule has 0 saturated carbocycles. The third-order valence-electron chi connectivity index (χ3n) is 4.51. The molecule has 7 nitrogen and oxygen atoms in total. The molecule has 0 radical (unpaired) electrons. The van der Waals surface area contributed by atoms with Gasteiger partial charge in [-0.2, -0.15) is 0 Å². The predicted octanol–water partition coefficient (Wildman–Crippen LogP) is 3.71. The van der Waals surface area contributed by atoms with Crippen LogP contribution in [0.1, 0.15) is 61.1 Å². The number of carbonyl (C=O) groups excluding carboxylic acids is 3. The standard InChI is InChI=1S/C24H31N3O4/c1-4-8-21(19-9-6-5-7-10-19)27-22(28)16-31-23(29)20-13-11-18(12-14-20)15-25-24(30)26-17(2)3/h5-7,9-14,17,21H,4,8,15-16H2,1-3H3,(H,27,28)(H2,25,26,30)/t21-/m1/s1. The molecule has 0 unspecified atom stereocenters. The highest BCUT2D eigenvalue weighted by atomic mass is 16.5. The van der Waals surface area contributed by atoms with Crippen LogP contribution < -0.4 is 16.0 Å². The fourth-order valence-corrected chi connectivity index (χ4v) is 3.00. The van der Waals surface area contributed by atoms with Crippen LogP contribution in [0.3, 0.4) is 0 Å². The van der Waals surface area contributed by atoms with E-state index in [0.29, 0.717) is 12.1 Å². The second-order valence-electron chi connectivity index (χ2n) is 7.57. The molecule has 3 N–H and O–H groups in total. The Morgan fingerprint density at radius 2 is 1.61 bits per heavy atom. The Bertz CT molecular complexity index is 851. The van der Waals surface area contributed by atoms with E-state index in [-0.39, 0.29) is 30.6 Å². The summed E-state index contributed by atoms with van der Waals surface area (Å²) in [5.41, 5.74) is 2.21. The number of nitrogens with one attached hydrogen (secondary N) is 3. The average Bonchev–Trinajstić information content (AvgIpc) is 2.76. The van der Waals surface area contributed by atoms with Crippen molar-refractivity contribution in [3.05, 3.63) is 71.3 Å². The van der Waals surface area contributed by atoms with Gasteiger partial charge in [0.1, 0.15) is 0 Å². The van der Waals surface area contributed by atoms with Gasteiger partial charge in [0.15, 0.2) is 6.61 Å². The molecule has 0 aliphatic carbocycles. The smallest absolute Gasteiger partial charge is 0.338 e. The summed E-state index contributed by atoms with van der Waals surface area (Å²) in [6.45, 7) is 5.81. The molecule has 2 rings (SSSR count). The first kappa shape index (κ1) is 23.9. The van der Waals surface area contributed by atoms with Crippen LogP contribution in [0.15, 0.2) is 54.6 Å². The molecule has 0 heterocycles. The van der Waals surface area contributed by atoms with Gasteiger partial charge in [0.25, 0.3) is 5.91 Å². The quantitative estimate of drug-likeness (QED) is 0.506. The maximum Gasteiger partial charge on any atom is 0.338 e. The highest BCUT2D eigenvalue weighted by molar-refractivity contribution is 5.91. The molecule has 0 aromatic heterocycles. The highest BCUT2D eigenvalue weighted by Crippen LogP contribution is 2.18. The lowest BCUT2D eigenvalue weighted by Gasteiger charge is -2.18. The monoisotopic (exact) mass is 425 g/mol. The zero-order valence-electron chi connectivity index (χ0n) is 18.3. The summed E-state index contributed by atoms with van der Waals surface area (Å²) in [4.78, 5) is 36.2. The van der Waals surface area contributed by atoms with E-state index in [2.05, 4.69) is 22.9 Å². The number of hydrogen-bond donors (Lipinski definition) is 3. The number of urea groups is 1. The fraction of sp³-hybridized carbons (Fsp3) is 0.375. The van der Waals surface area contributed by atoms with Gasteiger partial charge in [0.2, 0.25) is 0 Å². The number of rotatable bonds is 10. The summed E-state index contributed by atoms with van der Waals surface area (Å²) in [6, 6.07) is 16.1. The van der Waals surface area contributed by atoms with Crippen molar-refractivity contribution in [3.8, 4) is 0 Å². The summed E-state index contributed by atoms with van der Waals surface area (Å²) in [5, 5.41) is 8.41. The van der Waals surface area contributed by atoms with Crippen molar-refractivity contribution in [1.29, 1.82) is 0 Å². The van der Waals surface area contributed by atoms with Crippen LogP contribution in [0.2, 0.25) is 0 Å². The van der Waals surface area contributed by atoms with Crippen LogP contribution in [0, 0.1) is 0 Å². The summed E-state index contributed by atoms with van der Waals surface area (Å²) in [6.07, 6.45) is 1.72. The second-order valence-corrected chi connectivity index (χ2v) is 7.57. The number of amides is 3. The lowest BCUT2D eigenvalue weighted by atomic mass is 10.0. The Labute approximate surface area is 183 Å². The van der Waals surface area contributed by atoms with Crippen LogP contribution in [0.25, 0.3) is 0 Å². The van der Waals surface area contributed by atoms with Gasteiger partial charge < -0.3 is 20.7 Å². The Hall–Kier alpha value is -3.35. The minimum Gasteiger partial charge on any atom is -0.452 e. The normalized spacial score (nSPS) is 11.5. The maximum absolute atomic E-state index is 12.3. The van der Waals surface area contributed by atoms with Crippen molar-refractivity contribution in [3.63, 3.8) is 0 Å². The van der Waals surface area contributed by atoms with Gasteiger partial charge in [-0.3, -0.25) is 4.79 Å². The molecule has 166 valence electrons. The van der Waals surface area contributed by atoms with Crippen molar-refractivity contribution in [2.75, 3.05) is 6.61 Å². The molecule has 31 heavy (non-hydrogen) atoms. The van der Waals surface area contributed by atoms with Crippen LogP contribution in [0.4, 0.5) is 4.79 Å². The Kier molecular flexibility index (Phi) is 9.55. The summed E-state index contributed by atoms with van der Waals surface area (Å²) < 4.78 is 5.16. The third-order valence-corrected chi connectivity index (χ3v) is 4.51. The van der Waals surface area contributed by atoms with Gasteiger partial charge in [-0.05, 0) is 43.5 Å². The molecular formula is C24H31N3O4. The molecule has 1 atom stereocenters. The molecule has 0 spiro atoms. The van der Waals surface area contributed by atoms with Gasteiger partial charge >= 0.3 is 12.0 Å². The number of benzene rings is 2. The topological polar surface area (TPSA) is 96.5 Å². The van der Waals surface area contributed by atoms with Crippen LogP contribution in [0.5, 0.6) is 0 Å². The van der Waals surface area contributed by atoms with E-state index in [0.717, 1.165) is 24.0 Å². The van der Waals surface area contributed by atoms with E-state index in [1.54, 1.807) is 24.3 Å². The SMILES string of the molecule is CCC[C@@H](NC(=O)COC(=O)c1ccc(CNC(=O)NC(C)C)cc1)c1ccccc1. The first-order chi connectivity index (χ1) is 14.9. The first-order valence-corrected chi connectivity index (χ1v) is 10.5. The Morgan fingerprint density at radius 1 is 0.935 bits per heavy atom. The number of esters is 1. The molecular weight excluding hydrogens is 394 g/mol. The lowest BCUT2D eigenvalue weighted by Crippen LogP contribution is -2.39. The molecule has 2 aromatic rings. The van der Waals surface area contributed by atoms with E-state index in [1.807, 2.05) is 44.2 Å². The van der Waals surface area contributed by atoms with Gasteiger partial charge in [-0.15, -0.1) is 0 Å². The largest absolute Gasteiger partial charge is 0.452 e. The number of hydrogen-bond acceptors (Lipinski definition) is 4. The zero-order valence-corrected chi connectivity index (χ0v) is 18.3. The van der Waals surface area contributed by atoms with E-state index >= 15 is 0 Å². The van der Waals surface area contributed by atoms with Crippen LogP contribution >= 0.6 is 0 Å². The van der Waals surface area contributed by atoms with Gasteiger partial charge in [-0.1, -0.05) is 55.8 Å². The number of carbonyl (C=O) groups is 3. The second kappa shape index (κ2) is 12.4. The minimum atomic E-state index is -0.570. The molecule has 3 amide bonds. The van der Waals surface area contributed by atoms with Crippen molar-refractivity contribution >= 4 is 17.9 Å². The van der Waals surface area contributed by atoms with Crippen molar-refractivity contribution in [1.82, 2.24) is 16.0 Å². The van der Waals surface area contributed by atoms with Crippen molar-refractivity contribution < 1.29 is 19.1 Å². The summed E-state index contributed by atoms with van der Waals surface area (Å²) in [5.74, 6) is -0.911. The van der Waals surface area contributed by atoms with E-state index in [9.17, 15) is 14.4 Å². The van der Waals surface area contributed by atoms with Crippen LogP contribution in [-0.4, -0.2) is 30.6 Å². The molecule has 2 aromatic carbocycles. The minimum absolute atomic E-state index is 0.0549. The van der Waals surface area contributed by atoms with Gasteiger partial charge in [-0.25, -0.2) is 9.59 Å². The predicted molar refractivity (Wildman–Crippen MR) is 119 cm³/mol. The highest BCUT2D eigenvalue weighted by Gasteiger charge is 2.16. The zero-order chi connectivity index (χ0) is 22.6. The molecule has 0 fully saturated rings. The molecule has 0 aliphatic rings. The summed E-state index contributed by atoms with van der Waals surface area (Å²) in [7, 11) is 0. The van der Waals surface area contributed by atoms with E-state index in [1.165, 1.54) is 0 Å². The molecule has 7 heteroatoms.